The minimum Gasteiger partial charge on any atom is -0.489 e. The average molecular weight is 472 g/mol. The lowest BCUT2D eigenvalue weighted by atomic mass is 10.1. The molecular weight excluding hydrogens is 451 g/mol. The van der Waals surface area contributed by atoms with Crippen LogP contribution in [0.15, 0.2) is 24.3 Å². The van der Waals surface area contributed by atoms with Crippen LogP contribution in [0.4, 0.5) is 32.4 Å². The van der Waals surface area contributed by atoms with Gasteiger partial charge in [0.05, 0.1) is 6.54 Å². The summed E-state index contributed by atoms with van der Waals surface area (Å²) in [6.45, 7) is 6.06. The van der Waals surface area contributed by atoms with Gasteiger partial charge in [0.25, 0.3) is 5.91 Å². The number of nitrogens with zero attached hydrogens (tertiary/aromatic N) is 1. The van der Waals surface area contributed by atoms with E-state index in [0.717, 1.165) is 0 Å². The van der Waals surface area contributed by atoms with Crippen molar-refractivity contribution in [1.82, 2.24) is 4.90 Å². The van der Waals surface area contributed by atoms with Gasteiger partial charge in [-0.3, -0.25) is 4.79 Å². The van der Waals surface area contributed by atoms with Gasteiger partial charge in [-0.2, -0.15) is 0 Å². The normalized spacial score (nSPS) is 16.0. The van der Waals surface area contributed by atoms with Crippen molar-refractivity contribution in [3.8, 4) is 5.75 Å². The first kappa shape index (κ1) is 24.3. The van der Waals surface area contributed by atoms with E-state index in [1.54, 1.807) is 20.8 Å². The zero-order valence-electron chi connectivity index (χ0n) is 18.0. The van der Waals surface area contributed by atoms with Gasteiger partial charge in [0.2, 0.25) is 5.82 Å². The third-order valence-electron chi connectivity index (χ3n) is 4.65. The lowest BCUT2D eigenvalue weighted by molar-refractivity contribution is 0.0275. The van der Waals surface area contributed by atoms with E-state index in [0.29, 0.717) is 25.3 Å². The molecule has 1 unspecified atom stereocenters. The fraction of sp³-hybridized carbons (Fsp3) is 0.364. The molecule has 1 atom stereocenters. The van der Waals surface area contributed by atoms with Crippen molar-refractivity contribution in [3.05, 3.63) is 58.9 Å². The number of nitrogens with one attached hydrogen (secondary N) is 1. The maximum Gasteiger partial charge on any atom is 0.410 e. The number of halogens is 5. The molecule has 3 rings (SSSR count). The van der Waals surface area contributed by atoms with Crippen LogP contribution in [0.5, 0.6) is 5.75 Å². The first-order chi connectivity index (χ1) is 15.4. The lowest BCUT2D eigenvalue weighted by Gasteiger charge is -2.24. The van der Waals surface area contributed by atoms with E-state index >= 15 is 0 Å². The topological polar surface area (TPSA) is 67.9 Å². The molecule has 0 aliphatic carbocycles. The van der Waals surface area contributed by atoms with Crippen LogP contribution < -0.4 is 10.1 Å². The highest BCUT2D eigenvalue weighted by atomic mass is 19.2. The van der Waals surface area contributed by atoms with E-state index in [4.69, 9.17) is 9.47 Å². The van der Waals surface area contributed by atoms with Crippen molar-refractivity contribution >= 4 is 17.7 Å². The Kier molecular flexibility index (Phi) is 6.80. The first-order valence-corrected chi connectivity index (χ1v) is 9.95. The molecule has 0 radical (unpaired) electrons. The number of amides is 2. The minimum absolute atomic E-state index is 0.0399. The summed E-state index contributed by atoms with van der Waals surface area (Å²) in [6.07, 6.45) is -0.177. The fourth-order valence-corrected chi connectivity index (χ4v) is 3.12. The Morgan fingerprint density at radius 3 is 2.03 bits per heavy atom. The molecule has 2 aromatic rings. The van der Waals surface area contributed by atoms with Crippen LogP contribution in [0.2, 0.25) is 0 Å². The monoisotopic (exact) mass is 472 g/mol. The summed E-state index contributed by atoms with van der Waals surface area (Å²) in [5.41, 5.74) is -2.16. The summed E-state index contributed by atoms with van der Waals surface area (Å²) >= 11 is 0. The highest BCUT2D eigenvalue weighted by Crippen LogP contribution is 2.25. The summed E-state index contributed by atoms with van der Waals surface area (Å²) in [4.78, 5) is 25.7. The predicted molar refractivity (Wildman–Crippen MR) is 107 cm³/mol. The molecule has 2 aromatic carbocycles. The molecule has 1 fully saturated rings. The van der Waals surface area contributed by atoms with Crippen molar-refractivity contribution in [2.45, 2.75) is 38.9 Å². The molecule has 2 amide bonds. The minimum atomic E-state index is -2.35. The zero-order valence-corrected chi connectivity index (χ0v) is 18.0. The molecule has 0 aromatic heterocycles. The first-order valence-electron chi connectivity index (χ1n) is 9.95. The number of carbonyl (C=O) groups is 2. The molecule has 1 N–H and O–H groups in total. The Hall–Kier alpha value is -3.37. The summed E-state index contributed by atoms with van der Waals surface area (Å²) in [5, 5.41) is 2.08. The second-order valence-corrected chi connectivity index (χ2v) is 8.38. The number of hydrogen-bond acceptors (Lipinski definition) is 4. The standard InChI is InChI=1S/C22H21F5N2O4/c1-22(2,3)33-21(31)29-9-8-13(10-29)32-12-6-4-11(5-7-12)28-20(30)14-15(23)17(25)19(27)18(26)16(14)24/h4-7,13H,8-10H2,1-3H3,(H,28,30). The number of hydrogen-bond donors (Lipinski definition) is 1. The summed E-state index contributed by atoms with van der Waals surface area (Å²) in [7, 11) is 0. The van der Waals surface area contributed by atoms with Gasteiger partial charge in [-0.1, -0.05) is 0 Å². The maximum atomic E-state index is 13.8. The van der Waals surface area contributed by atoms with Crippen LogP contribution in [0.1, 0.15) is 37.6 Å². The predicted octanol–water partition coefficient (Wildman–Crippen LogP) is 5.02. The third kappa shape index (κ3) is 5.52. The quantitative estimate of drug-likeness (QED) is 0.386. The van der Waals surface area contributed by atoms with Crippen LogP contribution in [0, 0.1) is 29.1 Å². The van der Waals surface area contributed by atoms with Gasteiger partial charge in [0.15, 0.2) is 23.3 Å². The van der Waals surface area contributed by atoms with Crippen LogP contribution in [0.25, 0.3) is 0 Å². The highest BCUT2D eigenvalue weighted by Gasteiger charge is 2.31. The number of rotatable bonds is 4. The van der Waals surface area contributed by atoms with E-state index in [-0.39, 0.29) is 11.8 Å². The van der Waals surface area contributed by atoms with E-state index in [2.05, 4.69) is 5.32 Å². The molecule has 1 heterocycles. The summed E-state index contributed by atoms with van der Waals surface area (Å²) in [6, 6.07) is 5.56. The van der Waals surface area contributed by atoms with Gasteiger partial charge >= 0.3 is 6.09 Å². The van der Waals surface area contributed by atoms with Crippen LogP contribution in [-0.4, -0.2) is 41.7 Å². The van der Waals surface area contributed by atoms with E-state index in [1.807, 2.05) is 0 Å². The Balaban J connectivity index is 1.62. The van der Waals surface area contributed by atoms with Gasteiger partial charge in [-0.25, -0.2) is 26.7 Å². The molecule has 0 saturated carbocycles. The summed E-state index contributed by atoms with van der Waals surface area (Å²) < 4.78 is 78.5. The number of anilines is 1. The fourth-order valence-electron chi connectivity index (χ4n) is 3.12. The molecule has 1 saturated heterocycles. The van der Waals surface area contributed by atoms with E-state index < -0.39 is 52.3 Å². The number of ether oxygens (including phenoxy) is 2. The highest BCUT2D eigenvalue weighted by molar-refractivity contribution is 6.04. The van der Waals surface area contributed by atoms with Crippen molar-refractivity contribution < 1.29 is 41.0 Å². The van der Waals surface area contributed by atoms with E-state index in [1.165, 1.54) is 29.2 Å². The molecule has 0 spiro atoms. The van der Waals surface area contributed by atoms with Gasteiger partial charge in [-0.15, -0.1) is 0 Å². The molecule has 0 bridgehead atoms. The Bertz CT molecular complexity index is 1040. The SMILES string of the molecule is CC(C)(C)OC(=O)N1CCC(Oc2ccc(NC(=O)c3c(F)c(F)c(F)c(F)c3F)cc2)C1. The number of carbonyl (C=O) groups excluding carboxylic acids is 2. The van der Waals surface area contributed by atoms with Crippen molar-refractivity contribution in [1.29, 1.82) is 0 Å². The lowest BCUT2D eigenvalue weighted by Crippen LogP contribution is -2.36. The average Bonchev–Trinajstić information content (AvgIpc) is 3.20. The zero-order chi connectivity index (χ0) is 24.5. The van der Waals surface area contributed by atoms with Gasteiger partial charge in [-0.05, 0) is 45.0 Å². The Morgan fingerprint density at radius 2 is 1.48 bits per heavy atom. The molecule has 1 aliphatic rings. The Morgan fingerprint density at radius 1 is 0.939 bits per heavy atom. The van der Waals surface area contributed by atoms with Crippen molar-refractivity contribution in [2.24, 2.45) is 0 Å². The maximum absolute atomic E-state index is 13.8. The smallest absolute Gasteiger partial charge is 0.410 e. The van der Waals surface area contributed by atoms with Crippen LogP contribution >= 0.6 is 0 Å². The van der Waals surface area contributed by atoms with Gasteiger partial charge in [0, 0.05) is 18.7 Å². The van der Waals surface area contributed by atoms with Gasteiger partial charge in [0.1, 0.15) is 23.0 Å². The summed E-state index contributed by atoms with van der Waals surface area (Å²) in [5.74, 6) is -12.3. The van der Waals surface area contributed by atoms with Gasteiger partial charge < -0.3 is 19.7 Å². The second-order valence-electron chi connectivity index (χ2n) is 8.38. The molecule has 33 heavy (non-hydrogen) atoms. The molecule has 11 heteroatoms. The van der Waals surface area contributed by atoms with Crippen molar-refractivity contribution in [2.75, 3.05) is 18.4 Å². The second kappa shape index (κ2) is 9.24. The molecular formula is C22H21F5N2O4. The Labute approximate surface area is 186 Å². The van der Waals surface area contributed by atoms with Crippen LogP contribution in [-0.2, 0) is 4.74 Å². The largest absolute Gasteiger partial charge is 0.489 e. The number of benzene rings is 2. The van der Waals surface area contributed by atoms with E-state index in [9.17, 15) is 31.5 Å². The van der Waals surface area contributed by atoms with Crippen molar-refractivity contribution in [3.63, 3.8) is 0 Å². The van der Waals surface area contributed by atoms with Crippen LogP contribution in [0.3, 0.4) is 0 Å². The molecule has 178 valence electrons. The third-order valence-corrected chi connectivity index (χ3v) is 4.65. The molecule has 6 nitrogen and oxygen atoms in total. The number of likely N-dealkylation sites (tertiary alicyclic amines) is 1. The molecule has 1 aliphatic heterocycles.